The highest BCUT2D eigenvalue weighted by Gasteiger charge is 2.26. The third-order valence-corrected chi connectivity index (χ3v) is 7.48. The van der Waals surface area contributed by atoms with Crippen LogP contribution in [-0.2, 0) is 26.5 Å². The molecule has 0 radical (unpaired) electrons. The van der Waals surface area contributed by atoms with Crippen LogP contribution in [0.2, 0.25) is 0 Å². The van der Waals surface area contributed by atoms with Crippen LogP contribution in [0.3, 0.4) is 0 Å². The maximum atomic E-state index is 12.3. The zero-order chi connectivity index (χ0) is 20.5. The molecule has 1 saturated heterocycles. The van der Waals surface area contributed by atoms with Gasteiger partial charge in [-0.15, -0.1) is 0 Å². The van der Waals surface area contributed by atoms with E-state index in [1.807, 2.05) is 25.1 Å². The van der Waals surface area contributed by atoms with E-state index in [0.717, 1.165) is 28.6 Å². The number of thiazole rings is 1. The number of aryl methyl sites for hydroxylation is 2. The van der Waals surface area contributed by atoms with Crippen molar-refractivity contribution in [1.29, 1.82) is 0 Å². The van der Waals surface area contributed by atoms with E-state index in [4.69, 9.17) is 0 Å². The molecule has 1 aromatic carbocycles. The van der Waals surface area contributed by atoms with Crippen LogP contribution in [0.1, 0.15) is 25.3 Å². The molecule has 9 heteroatoms. The lowest BCUT2D eigenvalue weighted by Gasteiger charge is -2.30. The topological polar surface area (TPSA) is 88.8 Å². The zero-order valence-electron chi connectivity index (χ0n) is 16.3. The summed E-state index contributed by atoms with van der Waals surface area (Å²) in [5.41, 5.74) is 2.03. The zero-order valence-corrected chi connectivity index (χ0v) is 18.0. The van der Waals surface area contributed by atoms with E-state index in [1.54, 1.807) is 16.5 Å². The van der Waals surface area contributed by atoms with Gasteiger partial charge in [0.25, 0.3) is 5.91 Å². The second-order valence-electron chi connectivity index (χ2n) is 7.52. The lowest BCUT2D eigenvalue weighted by atomic mass is 9.99. The molecular weight excluding hydrogens is 398 g/mol. The van der Waals surface area contributed by atoms with Gasteiger partial charge in [0.1, 0.15) is 11.5 Å². The third kappa shape index (κ3) is 4.88. The average molecular weight is 424 g/mol. The Balaban J connectivity index is 1.70. The fourth-order valence-corrected chi connectivity index (χ4v) is 5.50. The van der Waals surface area contributed by atoms with Gasteiger partial charge in [0.05, 0.1) is 10.2 Å². The van der Waals surface area contributed by atoms with Crippen LogP contribution in [0.25, 0.3) is 10.2 Å². The normalized spacial score (nSPS) is 16.7. The summed E-state index contributed by atoms with van der Waals surface area (Å²) in [4.78, 5) is 30.5. The van der Waals surface area contributed by atoms with Gasteiger partial charge >= 0.3 is 0 Å². The molecule has 2 aromatic rings. The van der Waals surface area contributed by atoms with Crippen molar-refractivity contribution < 1.29 is 18.0 Å². The summed E-state index contributed by atoms with van der Waals surface area (Å²) in [6.07, 6.45) is 1.75. The number of hydrogen-bond donors (Lipinski definition) is 0. The van der Waals surface area contributed by atoms with Crippen LogP contribution in [-0.4, -0.2) is 54.3 Å². The average Bonchev–Trinajstić information content (AvgIpc) is 2.89. The van der Waals surface area contributed by atoms with Crippen molar-refractivity contribution in [2.45, 2.75) is 26.7 Å². The van der Waals surface area contributed by atoms with Crippen molar-refractivity contribution in [3.8, 4) is 0 Å². The number of amides is 2. The summed E-state index contributed by atoms with van der Waals surface area (Å²) in [6, 6.07) is 5.91. The molecule has 1 aliphatic heterocycles. The lowest BCUT2D eigenvalue weighted by molar-refractivity contribution is -0.129. The minimum absolute atomic E-state index is 0.428. The highest BCUT2D eigenvalue weighted by Crippen LogP contribution is 2.18. The summed E-state index contributed by atoms with van der Waals surface area (Å²) in [7, 11) is -2.06. The molecule has 0 N–H and O–H groups in total. The molecule has 7 nitrogen and oxygen atoms in total. The maximum absolute atomic E-state index is 12.3. The molecule has 2 heterocycles. The first-order valence-electron chi connectivity index (χ1n) is 9.26. The van der Waals surface area contributed by atoms with Crippen molar-refractivity contribution in [1.82, 2.24) is 9.47 Å². The van der Waals surface area contributed by atoms with Crippen molar-refractivity contribution in [3.63, 3.8) is 0 Å². The Bertz CT molecular complexity index is 1070. The molecule has 0 saturated carbocycles. The molecule has 152 valence electrons. The number of fused-ring (bicyclic) bond motifs is 1. The number of likely N-dealkylation sites (tertiary alicyclic amines) is 1. The Morgan fingerprint density at radius 1 is 1.21 bits per heavy atom. The fourth-order valence-electron chi connectivity index (χ4n) is 3.26. The van der Waals surface area contributed by atoms with E-state index in [-0.39, 0.29) is 0 Å². The van der Waals surface area contributed by atoms with Gasteiger partial charge in [-0.2, -0.15) is 4.99 Å². The maximum Gasteiger partial charge on any atom is 0.263 e. The first-order valence-corrected chi connectivity index (χ1v) is 11.9. The fraction of sp³-hybridized carbons (Fsp3) is 0.526. The summed E-state index contributed by atoms with van der Waals surface area (Å²) < 4.78 is 27.4. The summed E-state index contributed by atoms with van der Waals surface area (Å²) in [5, 5.41) is 0. The molecule has 0 unspecified atom stereocenters. The van der Waals surface area contributed by atoms with Crippen molar-refractivity contribution >= 4 is 43.2 Å². The lowest BCUT2D eigenvalue weighted by Crippen LogP contribution is -2.41. The number of carbonyl (C=O) groups excluding carboxylic acids is 2. The number of sulfone groups is 1. The van der Waals surface area contributed by atoms with E-state index in [9.17, 15) is 18.0 Å². The largest absolute Gasteiger partial charge is 0.342 e. The van der Waals surface area contributed by atoms with Gasteiger partial charge < -0.3 is 9.47 Å². The molecule has 1 aliphatic rings. The number of piperidine rings is 1. The second-order valence-corrected chi connectivity index (χ2v) is 10.6. The summed E-state index contributed by atoms with van der Waals surface area (Å²) in [6.45, 7) is 5.25. The Morgan fingerprint density at radius 3 is 2.57 bits per heavy atom. The Hall–Kier alpha value is -2.00. The van der Waals surface area contributed by atoms with E-state index in [1.165, 1.54) is 11.3 Å². The van der Waals surface area contributed by atoms with E-state index in [2.05, 4.69) is 11.9 Å². The number of hydrogen-bond acceptors (Lipinski definition) is 5. The van der Waals surface area contributed by atoms with Gasteiger partial charge in [0.2, 0.25) is 5.91 Å². The number of aromatic nitrogens is 1. The molecule has 1 aromatic heterocycles. The molecule has 28 heavy (non-hydrogen) atoms. The first-order chi connectivity index (χ1) is 13.1. The van der Waals surface area contributed by atoms with E-state index < -0.39 is 33.2 Å². The predicted octanol–water partition coefficient (Wildman–Crippen LogP) is 1.65. The van der Waals surface area contributed by atoms with Crippen molar-refractivity contribution in [2.75, 3.05) is 24.6 Å². The highest BCUT2D eigenvalue weighted by molar-refractivity contribution is 7.92. The molecule has 3 rings (SSSR count). The van der Waals surface area contributed by atoms with E-state index in [0.29, 0.717) is 23.8 Å². The molecular formula is C19H25N3O4S2. The summed E-state index contributed by atoms with van der Waals surface area (Å²) in [5.74, 6) is -2.02. The Kier molecular flexibility index (Phi) is 6.04. The standard InChI is InChI=1S/C19H25N3O4S2/c1-13-6-8-22(9-7-13)18(24)12-28(25,26)11-17(23)20-19-21(3)15-5-4-14(2)10-16(15)27-19/h4-5,10,13H,6-9,11-12H2,1-3H3. The molecule has 0 spiro atoms. The predicted molar refractivity (Wildman–Crippen MR) is 110 cm³/mol. The number of nitrogens with zero attached hydrogens (tertiary/aromatic N) is 3. The van der Waals surface area contributed by atoms with Crippen LogP contribution in [0.5, 0.6) is 0 Å². The van der Waals surface area contributed by atoms with Crippen LogP contribution in [0.15, 0.2) is 23.2 Å². The third-order valence-electron chi connectivity index (χ3n) is 5.01. The van der Waals surface area contributed by atoms with Crippen molar-refractivity contribution in [2.24, 2.45) is 18.0 Å². The summed E-state index contributed by atoms with van der Waals surface area (Å²) >= 11 is 1.33. The van der Waals surface area contributed by atoms with Gasteiger partial charge in [-0.05, 0) is 43.4 Å². The Morgan fingerprint density at radius 2 is 1.89 bits per heavy atom. The van der Waals surface area contributed by atoms with Gasteiger partial charge in [0, 0.05) is 20.1 Å². The minimum atomic E-state index is -3.85. The number of benzene rings is 1. The highest BCUT2D eigenvalue weighted by atomic mass is 32.2. The molecule has 0 aliphatic carbocycles. The van der Waals surface area contributed by atoms with Crippen LogP contribution < -0.4 is 4.80 Å². The smallest absolute Gasteiger partial charge is 0.263 e. The van der Waals surface area contributed by atoms with Gasteiger partial charge in [-0.3, -0.25) is 9.59 Å². The first kappa shape index (κ1) is 20.7. The monoisotopic (exact) mass is 423 g/mol. The van der Waals surface area contributed by atoms with Crippen LogP contribution in [0, 0.1) is 12.8 Å². The Labute approximate surface area is 168 Å². The number of carbonyl (C=O) groups is 2. The number of rotatable bonds is 4. The molecule has 1 fully saturated rings. The van der Waals surface area contributed by atoms with E-state index >= 15 is 0 Å². The van der Waals surface area contributed by atoms with Crippen molar-refractivity contribution in [3.05, 3.63) is 28.6 Å². The quantitative estimate of drug-likeness (QED) is 0.748. The SMILES string of the molecule is Cc1ccc2c(c1)sc(=NC(=O)CS(=O)(=O)CC(=O)N1CCC(C)CC1)n2C. The second kappa shape index (κ2) is 8.16. The van der Waals surface area contributed by atoms with Gasteiger partial charge in [-0.25, -0.2) is 8.42 Å². The van der Waals surface area contributed by atoms with Crippen LogP contribution >= 0.6 is 11.3 Å². The molecule has 0 bridgehead atoms. The van der Waals surface area contributed by atoms with Gasteiger partial charge in [0.15, 0.2) is 14.6 Å². The molecule has 2 amide bonds. The van der Waals surface area contributed by atoms with Crippen LogP contribution in [0.4, 0.5) is 0 Å². The molecule has 0 atom stereocenters. The minimum Gasteiger partial charge on any atom is -0.342 e. The van der Waals surface area contributed by atoms with Gasteiger partial charge in [-0.1, -0.05) is 24.3 Å².